The van der Waals surface area contributed by atoms with Crippen molar-refractivity contribution in [1.29, 1.82) is 0 Å². The molecule has 0 unspecified atom stereocenters. The van der Waals surface area contributed by atoms with E-state index in [0.717, 1.165) is 12.8 Å². The van der Waals surface area contributed by atoms with Crippen molar-refractivity contribution in [3.05, 3.63) is 23.8 Å². The highest BCUT2D eigenvalue weighted by molar-refractivity contribution is 7.80. The zero-order valence-electron chi connectivity index (χ0n) is 9.85. The van der Waals surface area contributed by atoms with E-state index in [-0.39, 0.29) is 17.4 Å². The van der Waals surface area contributed by atoms with Crippen molar-refractivity contribution in [2.45, 2.75) is 19.3 Å². The predicted molar refractivity (Wildman–Crippen MR) is 72.7 cm³/mol. The second-order valence-electron chi connectivity index (χ2n) is 3.88. The molecular weight excluding hydrogens is 252 g/mol. The molecule has 0 fully saturated rings. The Morgan fingerprint density at radius 2 is 2.00 bits per heavy atom. The number of hydrogen-bond donors (Lipinski definition) is 4. The molecule has 0 spiro atoms. The van der Waals surface area contributed by atoms with E-state index in [2.05, 4.69) is 5.32 Å². The van der Waals surface area contributed by atoms with Crippen molar-refractivity contribution >= 4 is 23.1 Å². The molecule has 0 aliphatic heterocycles. The first kappa shape index (κ1) is 14.2. The predicted octanol–water partition coefficient (Wildman–Crippen LogP) is 1.28. The average molecular weight is 268 g/mol. The molecule has 0 saturated heterocycles. The van der Waals surface area contributed by atoms with E-state index >= 15 is 0 Å². The lowest BCUT2D eigenvalue weighted by molar-refractivity contribution is 0.0952. The van der Waals surface area contributed by atoms with Gasteiger partial charge in [-0.25, -0.2) is 0 Å². The summed E-state index contributed by atoms with van der Waals surface area (Å²) in [5.74, 6) is -0.847. The molecule has 0 aliphatic rings. The van der Waals surface area contributed by atoms with Crippen molar-refractivity contribution in [1.82, 2.24) is 5.32 Å². The van der Waals surface area contributed by atoms with Crippen LogP contribution in [0.2, 0.25) is 0 Å². The summed E-state index contributed by atoms with van der Waals surface area (Å²) in [5.41, 5.74) is 5.65. The van der Waals surface area contributed by atoms with E-state index in [0.29, 0.717) is 23.5 Å². The summed E-state index contributed by atoms with van der Waals surface area (Å²) < 4.78 is 0. The molecule has 1 aromatic rings. The fourth-order valence-electron chi connectivity index (χ4n) is 1.39. The van der Waals surface area contributed by atoms with Crippen LogP contribution >= 0.6 is 12.2 Å². The number of unbranched alkanes of at least 4 members (excludes halogenated alkanes) is 1. The summed E-state index contributed by atoms with van der Waals surface area (Å²) in [6.07, 6.45) is 2.29. The normalized spacial score (nSPS) is 10.0. The number of aromatic hydroxyl groups is 2. The molecule has 0 bridgehead atoms. The number of phenols is 2. The highest BCUT2D eigenvalue weighted by atomic mass is 32.1. The molecule has 6 heteroatoms. The van der Waals surface area contributed by atoms with E-state index in [1.165, 1.54) is 18.2 Å². The van der Waals surface area contributed by atoms with Gasteiger partial charge in [-0.05, 0) is 37.5 Å². The minimum atomic E-state index is -0.309. The summed E-state index contributed by atoms with van der Waals surface area (Å²) in [5, 5.41) is 21.1. The van der Waals surface area contributed by atoms with E-state index in [9.17, 15) is 9.90 Å². The van der Waals surface area contributed by atoms with Gasteiger partial charge in [0.05, 0.1) is 4.99 Å². The Hall–Kier alpha value is -1.82. The van der Waals surface area contributed by atoms with Crippen LogP contribution in [0.5, 0.6) is 11.5 Å². The van der Waals surface area contributed by atoms with E-state index in [4.69, 9.17) is 23.1 Å². The van der Waals surface area contributed by atoms with Crippen molar-refractivity contribution in [3.8, 4) is 11.5 Å². The minimum Gasteiger partial charge on any atom is -0.504 e. The van der Waals surface area contributed by atoms with Gasteiger partial charge in [0.1, 0.15) is 0 Å². The third kappa shape index (κ3) is 4.58. The Morgan fingerprint density at radius 1 is 1.28 bits per heavy atom. The number of phenolic OH excluding ortho intramolecular Hbond substituents is 2. The first-order chi connectivity index (χ1) is 8.50. The van der Waals surface area contributed by atoms with Gasteiger partial charge in [-0.2, -0.15) is 0 Å². The first-order valence-electron chi connectivity index (χ1n) is 5.59. The van der Waals surface area contributed by atoms with Gasteiger partial charge in [-0.15, -0.1) is 0 Å². The molecule has 0 aliphatic carbocycles. The fraction of sp³-hybridized carbons (Fsp3) is 0.333. The Bertz CT molecular complexity index is 449. The number of benzene rings is 1. The number of hydrogen-bond acceptors (Lipinski definition) is 4. The summed E-state index contributed by atoms with van der Waals surface area (Å²) in [6, 6.07) is 3.94. The summed E-state index contributed by atoms with van der Waals surface area (Å²) in [6.45, 7) is 0.517. The average Bonchev–Trinajstić information content (AvgIpc) is 2.31. The molecule has 18 heavy (non-hydrogen) atoms. The summed E-state index contributed by atoms with van der Waals surface area (Å²) in [7, 11) is 0. The van der Waals surface area contributed by atoms with E-state index in [1.807, 2.05) is 0 Å². The molecule has 0 atom stereocenters. The second kappa shape index (κ2) is 6.80. The number of carbonyl (C=O) groups excluding carboxylic acids is 1. The van der Waals surface area contributed by atoms with E-state index in [1.54, 1.807) is 0 Å². The molecule has 0 heterocycles. The van der Waals surface area contributed by atoms with Gasteiger partial charge in [0, 0.05) is 12.1 Å². The van der Waals surface area contributed by atoms with Crippen molar-refractivity contribution in [2.24, 2.45) is 5.73 Å². The smallest absolute Gasteiger partial charge is 0.251 e. The van der Waals surface area contributed by atoms with Crippen LogP contribution in [0.25, 0.3) is 0 Å². The molecule has 1 amide bonds. The number of rotatable bonds is 6. The van der Waals surface area contributed by atoms with Crippen LogP contribution in [0.1, 0.15) is 29.6 Å². The monoisotopic (exact) mass is 268 g/mol. The SMILES string of the molecule is NC(=S)CCCCNC(=O)c1ccc(O)c(O)c1. The number of nitrogens with two attached hydrogens (primary N) is 1. The Labute approximate surface area is 111 Å². The Kier molecular flexibility index (Phi) is 5.38. The van der Waals surface area contributed by atoms with Gasteiger partial charge < -0.3 is 21.3 Å². The third-order valence-corrected chi connectivity index (χ3v) is 2.58. The highest BCUT2D eigenvalue weighted by Gasteiger charge is 2.07. The lowest BCUT2D eigenvalue weighted by Crippen LogP contribution is -2.24. The molecule has 5 nitrogen and oxygen atoms in total. The van der Waals surface area contributed by atoms with Crippen LogP contribution in [-0.4, -0.2) is 27.7 Å². The maximum atomic E-state index is 11.7. The summed E-state index contributed by atoms with van der Waals surface area (Å²) >= 11 is 4.74. The van der Waals surface area contributed by atoms with Crippen LogP contribution in [0, 0.1) is 0 Å². The van der Waals surface area contributed by atoms with Crippen molar-refractivity contribution in [3.63, 3.8) is 0 Å². The molecule has 1 rings (SSSR count). The molecule has 0 aromatic heterocycles. The molecule has 1 aromatic carbocycles. The topological polar surface area (TPSA) is 95.6 Å². The summed E-state index contributed by atoms with van der Waals surface area (Å²) in [4.78, 5) is 12.1. The van der Waals surface area contributed by atoms with Crippen molar-refractivity contribution < 1.29 is 15.0 Å². The number of nitrogens with one attached hydrogen (secondary N) is 1. The van der Waals surface area contributed by atoms with Crippen LogP contribution in [-0.2, 0) is 0 Å². The fourth-order valence-corrected chi connectivity index (χ4v) is 1.54. The zero-order valence-corrected chi connectivity index (χ0v) is 10.7. The standard InChI is InChI=1S/C12H16N2O3S/c13-11(18)3-1-2-6-14-12(17)8-4-5-9(15)10(16)7-8/h4-5,7,15-16H,1-3,6H2,(H2,13,18)(H,14,17). The van der Waals surface area contributed by atoms with Gasteiger partial charge in [0.15, 0.2) is 11.5 Å². The second-order valence-corrected chi connectivity index (χ2v) is 4.41. The quantitative estimate of drug-likeness (QED) is 0.354. The maximum absolute atomic E-state index is 11.7. The molecule has 5 N–H and O–H groups in total. The van der Waals surface area contributed by atoms with Crippen LogP contribution in [0.3, 0.4) is 0 Å². The third-order valence-electron chi connectivity index (χ3n) is 2.37. The van der Waals surface area contributed by atoms with Crippen molar-refractivity contribution in [2.75, 3.05) is 6.54 Å². The number of amides is 1. The van der Waals surface area contributed by atoms with Gasteiger partial charge in [-0.1, -0.05) is 12.2 Å². The largest absolute Gasteiger partial charge is 0.504 e. The van der Waals surface area contributed by atoms with Gasteiger partial charge >= 0.3 is 0 Å². The molecule has 0 radical (unpaired) electrons. The Balaban J connectivity index is 2.36. The number of thiocarbonyl (C=S) groups is 1. The van der Waals surface area contributed by atoms with E-state index < -0.39 is 0 Å². The van der Waals surface area contributed by atoms with Crippen LogP contribution < -0.4 is 11.1 Å². The van der Waals surface area contributed by atoms with Crippen LogP contribution in [0.4, 0.5) is 0 Å². The Morgan fingerprint density at radius 3 is 2.61 bits per heavy atom. The van der Waals surface area contributed by atoms with Gasteiger partial charge in [-0.3, -0.25) is 4.79 Å². The lowest BCUT2D eigenvalue weighted by atomic mass is 10.2. The molecule has 0 saturated carbocycles. The molecular formula is C12H16N2O3S. The van der Waals surface area contributed by atoms with Gasteiger partial charge in [0.2, 0.25) is 0 Å². The highest BCUT2D eigenvalue weighted by Crippen LogP contribution is 2.24. The maximum Gasteiger partial charge on any atom is 0.251 e. The zero-order chi connectivity index (χ0) is 13.5. The van der Waals surface area contributed by atoms with Gasteiger partial charge in [0.25, 0.3) is 5.91 Å². The van der Waals surface area contributed by atoms with Crippen LogP contribution in [0.15, 0.2) is 18.2 Å². The number of carbonyl (C=O) groups is 1. The molecule has 98 valence electrons. The lowest BCUT2D eigenvalue weighted by Gasteiger charge is -2.06. The first-order valence-corrected chi connectivity index (χ1v) is 6.00. The minimum absolute atomic E-state index is 0.247.